The van der Waals surface area contributed by atoms with Crippen LogP contribution in [-0.4, -0.2) is 33.3 Å². The van der Waals surface area contributed by atoms with E-state index in [0.717, 1.165) is 33.3 Å². The van der Waals surface area contributed by atoms with Crippen molar-refractivity contribution in [3.8, 4) is 45.3 Å². The fraction of sp³-hybridized carbons (Fsp3) is 0.182. The van der Waals surface area contributed by atoms with Crippen molar-refractivity contribution < 1.29 is 9.31 Å². The minimum Gasteiger partial charge on any atom is -0.399 e. The Kier molecular flexibility index (Phi) is 6.38. The van der Waals surface area contributed by atoms with Crippen molar-refractivity contribution in [2.45, 2.75) is 38.9 Å². The van der Waals surface area contributed by atoms with Crippen molar-refractivity contribution in [1.29, 1.82) is 0 Å². The normalized spacial score (nSPS) is 15.8. The number of benzene rings is 4. The van der Waals surface area contributed by atoms with Crippen molar-refractivity contribution in [3.05, 3.63) is 109 Å². The van der Waals surface area contributed by atoms with Crippen molar-refractivity contribution in [1.82, 2.24) is 15.0 Å². The molecule has 0 atom stereocenters. The molecule has 0 spiro atoms. The van der Waals surface area contributed by atoms with Crippen LogP contribution in [0.3, 0.4) is 0 Å². The molecule has 1 fully saturated rings. The van der Waals surface area contributed by atoms with Crippen LogP contribution >= 0.6 is 0 Å². The van der Waals surface area contributed by atoms with Gasteiger partial charge in [0.05, 0.1) is 11.2 Å². The minimum atomic E-state index is -0.533. The van der Waals surface area contributed by atoms with Crippen LogP contribution in [0.15, 0.2) is 109 Å². The molecule has 0 unspecified atom stereocenters. The van der Waals surface area contributed by atoms with E-state index in [1.54, 1.807) is 0 Å². The molecule has 0 N–H and O–H groups in total. The van der Waals surface area contributed by atoms with Crippen molar-refractivity contribution in [2.75, 3.05) is 0 Å². The number of nitrogens with zero attached hydrogens (tertiary/aromatic N) is 3. The SMILES string of the molecule is CC1(C)OB(c2cc(-c3nc(-c4ccccc4)nc(-c4ccccc4)n3)ccc2-c2ccccc2)OC1(C)C. The van der Waals surface area contributed by atoms with Gasteiger partial charge in [-0.05, 0) is 44.3 Å². The van der Waals surface area contributed by atoms with Gasteiger partial charge in [-0.2, -0.15) is 0 Å². The lowest BCUT2D eigenvalue weighted by Gasteiger charge is -2.32. The first-order valence-electron chi connectivity index (χ1n) is 13.2. The highest BCUT2D eigenvalue weighted by Crippen LogP contribution is 2.38. The Morgan fingerprint density at radius 2 is 0.897 bits per heavy atom. The maximum Gasteiger partial charge on any atom is 0.495 e. The molecule has 0 amide bonds. The molecule has 1 aliphatic heterocycles. The van der Waals surface area contributed by atoms with Gasteiger partial charge in [0.15, 0.2) is 17.5 Å². The van der Waals surface area contributed by atoms with Gasteiger partial charge in [-0.3, -0.25) is 0 Å². The molecule has 1 aromatic heterocycles. The van der Waals surface area contributed by atoms with Gasteiger partial charge in [-0.1, -0.05) is 109 Å². The smallest absolute Gasteiger partial charge is 0.399 e. The number of hydrogen-bond donors (Lipinski definition) is 0. The Balaban J connectivity index is 1.52. The zero-order valence-corrected chi connectivity index (χ0v) is 22.6. The lowest BCUT2D eigenvalue weighted by molar-refractivity contribution is 0.00578. The highest BCUT2D eigenvalue weighted by molar-refractivity contribution is 6.64. The molecule has 6 heteroatoms. The molecule has 1 saturated heterocycles. The van der Waals surface area contributed by atoms with Crippen molar-refractivity contribution in [2.24, 2.45) is 0 Å². The standard InChI is InChI=1S/C33H30BN3O2/c1-32(2)33(3,4)39-34(38-32)28-22-26(20-21-27(28)23-14-8-5-9-15-23)31-36-29(24-16-10-6-11-17-24)35-30(37-31)25-18-12-7-13-19-25/h5-22H,1-4H3. The lowest BCUT2D eigenvalue weighted by Crippen LogP contribution is -2.41. The summed E-state index contributed by atoms with van der Waals surface area (Å²) in [6.07, 6.45) is 0. The first-order chi connectivity index (χ1) is 18.8. The van der Waals surface area contributed by atoms with Gasteiger partial charge in [0, 0.05) is 16.7 Å². The zero-order valence-electron chi connectivity index (χ0n) is 22.6. The summed E-state index contributed by atoms with van der Waals surface area (Å²) in [5.41, 5.74) is 4.91. The predicted octanol–water partition coefficient (Wildman–Crippen LogP) is 6.84. The van der Waals surface area contributed by atoms with E-state index < -0.39 is 18.3 Å². The highest BCUT2D eigenvalue weighted by atomic mass is 16.7. The predicted molar refractivity (Wildman–Crippen MR) is 157 cm³/mol. The van der Waals surface area contributed by atoms with Gasteiger partial charge in [-0.25, -0.2) is 15.0 Å². The molecule has 192 valence electrons. The van der Waals surface area contributed by atoms with Crippen LogP contribution in [0.1, 0.15) is 27.7 Å². The van der Waals surface area contributed by atoms with E-state index in [-0.39, 0.29) is 0 Å². The second-order valence-electron chi connectivity index (χ2n) is 10.8. The first kappa shape index (κ1) is 25.2. The Labute approximate surface area is 230 Å². The quantitative estimate of drug-likeness (QED) is 0.242. The maximum absolute atomic E-state index is 6.51. The summed E-state index contributed by atoms with van der Waals surface area (Å²) in [7, 11) is -0.533. The molecule has 4 aromatic carbocycles. The first-order valence-corrected chi connectivity index (χ1v) is 13.2. The molecule has 6 rings (SSSR count). The van der Waals surface area contributed by atoms with E-state index in [4.69, 9.17) is 24.3 Å². The molecule has 2 heterocycles. The average Bonchev–Trinajstić information content (AvgIpc) is 3.20. The van der Waals surface area contributed by atoms with Crippen LogP contribution in [0.5, 0.6) is 0 Å². The molecule has 0 aliphatic carbocycles. The fourth-order valence-corrected chi connectivity index (χ4v) is 4.69. The van der Waals surface area contributed by atoms with E-state index in [1.165, 1.54) is 0 Å². The summed E-state index contributed by atoms with van der Waals surface area (Å²) in [4.78, 5) is 14.7. The Morgan fingerprint density at radius 3 is 1.36 bits per heavy atom. The average molecular weight is 511 g/mol. The summed E-state index contributed by atoms with van der Waals surface area (Å²) < 4.78 is 13.0. The Bertz CT molecular complexity index is 1530. The van der Waals surface area contributed by atoms with Gasteiger partial charge >= 0.3 is 7.12 Å². The molecule has 0 saturated carbocycles. The minimum absolute atomic E-state index is 0.463. The van der Waals surface area contributed by atoms with Crippen molar-refractivity contribution >= 4 is 12.6 Å². The second kappa shape index (κ2) is 9.88. The lowest BCUT2D eigenvalue weighted by atomic mass is 9.73. The van der Waals surface area contributed by atoms with E-state index in [9.17, 15) is 0 Å². The maximum atomic E-state index is 6.51. The number of hydrogen-bond acceptors (Lipinski definition) is 5. The van der Waals surface area contributed by atoms with Gasteiger partial charge in [0.1, 0.15) is 0 Å². The third kappa shape index (κ3) is 4.89. The van der Waals surface area contributed by atoms with Gasteiger partial charge in [0.25, 0.3) is 0 Å². The molecule has 39 heavy (non-hydrogen) atoms. The van der Waals surface area contributed by atoms with Crippen LogP contribution in [0.4, 0.5) is 0 Å². The number of rotatable bonds is 5. The van der Waals surface area contributed by atoms with Crippen LogP contribution < -0.4 is 5.46 Å². The molecule has 0 bridgehead atoms. The summed E-state index contributed by atoms with van der Waals surface area (Å²) >= 11 is 0. The molecule has 5 aromatic rings. The monoisotopic (exact) mass is 511 g/mol. The van der Waals surface area contributed by atoms with Gasteiger partial charge in [-0.15, -0.1) is 0 Å². The highest BCUT2D eigenvalue weighted by Gasteiger charge is 2.52. The molecule has 0 radical (unpaired) electrons. The fourth-order valence-electron chi connectivity index (χ4n) is 4.69. The third-order valence-corrected chi connectivity index (χ3v) is 7.60. The van der Waals surface area contributed by atoms with E-state index >= 15 is 0 Å². The Morgan fingerprint density at radius 1 is 0.487 bits per heavy atom. The zero-order chi connectivity index (χ0) is 27.0. The van der Waals surface area contributed by atoms with Gasteiger partial charge in [0.2, 0.25) is 0 Å². The topological polar surface area (TPSA) is 57.1 Å². The summed E-state index contributed by atoms with van der Waals surface area (Å²) in [6, 6.07) is 36.6. The van der Waals surface area contributed by atoms with E-state index in [1.807, 2.05) is 78.9 Å². The van der Waals surface area contributed by atoms with Crippen molar-refractivity contribution in [3.63, 3.8) is 0 Å². The van der Waals surface area contributed by atoms with E-state index in [0.29, 0.717) is 17.5 Å². The molecule has 5 nitrogen and oxygen atoms in total. The molecular weight excluding hydrogens is 481 g/mol. The van der Waals surface area contributed by atoms with Crippen LogP contribution in [-0.2, 0) is 9.31 Å². The van der Waals surface area contributed by atoms with Crippen LogP contribution in [0.2, 0.25) is 0 Å². The second-order valence-corrected chi connectivity index (χ2v) is 10.8. The largest absolute Gasteiger partial charge is 0.495 e. The van der Waals surface area contributed by atoms with Crippen LogP contribution in [0, 0.1) is 0 Å². The van der Waals surface area contributed by atoms with Gasteiger partial charge < -0.3 is 9.31 Å². The van der Waals surface area contributed by atoms with E-state index in [2.05, 4.69) is 58.0 Å². The summed E-state index contributed by atoms with van der Waals surface area (Å²) in [6.45, 7) is 8.29. The Hall–Kier alpha value is -4.13. The third-order valence-electron chi connectivity index (χ3n) is 7.60. The number of aromatic nitrogens is 3. The molecule has 1 aliphatic rings. The summed E-state index contributed by atoms with van der Waals surface area (Å²) in [5.74, 6) is 1.85. The molecular formula is C33H30BN3O2. The van der Waals surface area contributed by atoms with Crippen LogP contribution in [0.25, 0.3) is 45.3 Å². The summed E-state index contributed by atoms with van der Waals surface area (Å²) in [5, 5.41) is 0.